The zero-order valence-corrected chi connectivity index (χ0v) is 30.0. The summed E-state index contributed by atoms with van der Waals surface area (Å²) in [6.07, 6.45) is -4.32. The minimum absolute atomic E-state index is 0.0564. The summed E-state index contributed by atoms with van der Waals surface area (Å²) in [7, 11) is -4.99. The first kappa shape index (κ1) is 41.8. The molecule has 302 valence electrons. The van der Waals surface area contributed by atoms with Gasteiger partial charge in [0.05, 0.1) is 36.4 Å². The summed E-state index contributed by atoms with van der Waals surface area (Å²) >= 11 is 0. The van der Waals surface area contributed by atoms with E-state index in [1.54, 1.807) is 0 Å². The highest BCUT2D eigenvalue weighted by Crippen LogP contribution is 2.39. The van der Waals surface area contributed by atoms with E-state index in [9.17, 15) is 48.7 Å². The molecule has 0 unspecified atom stereocenters. The normalized spacial score (nSPS) is 18.7. The predicted molar refractivity (Wildman–Crippen MR) is 192 cm³/mol. The van der Waals surface area contributed by atoms with Crippen LogP contribution in [0, 0.1) is 0 Å². The molecule has 1 aromatic carbocycles. The molecule has 57 heavy (non-hydrogen) atoms. The van der Waals surface area contributed by atoms with Crippen LogP contribution in [0.15, 0.2) is 53.6 Å². The number of aliphatic carboxylic acids is 2. The molecular weight excluding hydrogens is 781 g/mol. The van der Waals surface area contributed by atoms with Gasteiger partial charge in [-0.1, -0.05) is 0 Å². The number of phosphoric acid groups is 1. The van der Waals surface area contributed by atoms with Gasteiger partial charge in [-0.05, 0) is 48.9 Å². The van der Waals surface area contributed by atoms with Crippen molar-refractivity contribution in [2.24, 2.45) is 5.73 Å². The number of imidazole rings is 1. The lowest BCUT2D eigenvalue weighted by atomic mass is 10.1. The van der Waals surface area contributed by atoms with Crippen molar-refractivity contribution < 1.29 is 68.0 Å². The Labute approximate surface area is 318 Å². The van der Waals surface area contributed by atoms with Gasteiger partial charge in [-0.2, -0.15) is 0 Å². The lowest BCUT2D eigenvalue weighted by Gasteiger charge is -2.22. The fourth-order valence-corrected chi connectivity index (χ4v) is 5.97. The van der Waals surface area contributed by atoms with Gasteiger partial charge in [0.1, 0.15) is 24.4 Å². The summed E-state index contributed by atoms with van der Waals surface area (Å²) in [5.74, 6) is -5.62. The molecule has 0 saturated carbocycles. The van der Waals surface area contributed by atoms with E-state index in [0.29, 0.717) is 0 Å². The number of hydrogen-bond acceptors (Lipinski definition) is 15. The van der Waals surface area contributed by atoms with E-state index in [0.717, 1.165) is 27.9 Å². The number of nitrogens with two attached hydrogens (primary N) is 2. The Kier molecular flexibility index (Phi) is 12.6. The smallest absolute Gasteiger partial charge is 0.469 e. The highest BCUT2D eigenvalue weighted by molar-refractivity contribution is 7.46. The van der Waals surface area contributed by atoms with Crippen molar-refractivity contribution in [2.45, 2.75) is 50.0 Å². The van der Waals surface area contributed by atoms with Crippen LogP contribution in [0.25, 0.3) is 17.1 Å². The lowest BCUT2D eigenvalue weighted by Crippen LogP contribution is -2.41. The monoisotopic (exact) mass is 815 g/mol. The number of ether oxygens (including phenoxy) is 1. The van der Waals surface area contributed by atoms with Crippen molar-refractivity contribution in [1.29, 1.82) is 0 Å². The van der Waals surface area contributed by atoms with Crippen molar-refractivity contribution in [3.8, 4) is 0 Å². The zero-order valence-electron chi connectivity index (χ0n) is 29.1. The molecule has 5 rings (SSSR count). The van der Waals surface area contributed by atoms with Gasteiger partial charge < -0.3 is 61.2 Å². The molecule has 24 nitrogen and oxygen atoms in total. The number of phosphoric ester groups is 1. The van der Waals surface area contributed by atoms with E-state index >= 15 is 0 Å². The van der Waals surface area contributed by atoms with E-state index < -0.39 is 92.3 Å². The number of nitrogens with one attached hydrogen (secondary N) is 2. The summed E-state index contributed by atoms with van der Waals surface area (Å²) in [6, 6.07) is 6.55. The quantitative estimate of drug-likeness (QED) is 0.0441. The number of rotatable bonds is 16. The number of carboxylic acids is 2. The second-order valence-electron chi connectivity index (χ2n) is 12.3. The summed E-state index contributed by atoms with van der Waals surface area (Å²) < 4.78 is 22.2. The van der Waals surface area contributed by atoms with Crippen molar-refractivity contribution in [2.75, 3.05) is 17.2 Å². The molecule has 25 heteroatoms. The molecule has 1 fully saturated rings. The van der Waals surface area contributed by atoms with Gasteiger partial charge >= 0.3 is 19.8 Å². The SMILES string of the molecule is NC(=O)c1ncn([C@@H]2O[C@H](COP(=O)(O)O)[C@@H](O)[C@H]2O)c1/C=C\C(=O)N(Cc1ccc2nc(N)[nH]c(=O)c2n1)c1ccc(C(=O)N[C@@H](CCC(=O)O)C(=O)O)cc1. The number of carboxylic acid groups (broad SMARTS) is 2. The Bertz CT molecular complexity index is 2340. The minimum Gasteiger partial charge on any atom is -0.481 e. The Balaban J connectivity index is 1.48. The number of carbonyl (C=O) groups excluding carboxylic acids is 3. The Morgan fingerprint density at radius 3 is 2.40 bits per heavy atom. The molecular formula is C32H34N9O15P. The Hall–Kier alpha value is -6.40. The van der Waals surface area contributed by atoms with Gasteiger partial charge in [-0.15, -0.1) is 0 Å². The van der Waals surface area contributed by atoms with Crippen molar-refractivity contribution in [3.05, 3.63) is 81.8 Å². The number of amides is 3. The average molecular weight is 816 g/mol. The maximum atomic E-state index is 14.0. The summed E-state index contributed by atoms with van der Waals surface area (Å²) in [5.41, 5.74) is 10.1. The number of primary amides is 1. The van der Waals surface area contributed by atoms with E-state index in [4.69, 9.17) is 31.1 Å². The fourth-order valence-electron chi connectivity index (χ4n) is 5.62. The highest BCUT2D eigenvalue weighted by Gasteiger charge is 2.45. The van der Waals surface area contributed by atoms with Crippen molar-refractivity contribution in [3.63, 3.8) is 0 Å². The standard InChI is InChI=1S/C32H34N9O15P/c33-27(47)24-19(41(13-35-24)30-26(46)25(45)20(56-30)12-55-57(52,53)54)8-9-21(42)40(11-15-3-6-17-23(36-15)29(49)39-32(34)38-17)16-4-1-14(2-5-16)28(48)37-18(31(50)51)7-10-22(43)44/h1-6,8-9,13,18,20,25-26,30,45-46H,7,10-12H2,(H2,33,47)(H,37,48)(H,43,44)(H,50,51)(H2,52,53,54)(H3,34,38,39,49)/b9-8-/t18-,20+,25+,26+,30+/m0/s1. The van der Waals surface area contributed by atoms with Crippen LogP contribution < -0.4 is 27.2 Å². The van der Waals surface area contributed by atoms with Gasteiger partial charge in [-0.25, -0.2) is 24.3 Å². The van der Waals surface area contributed by atoms with Crippen LogP contribution in [0.5, 0.6) is 0 Å². The summed E-state index contributed by atoms with van der Waals surface area (Å²) in [4.78, 5) is 108. The molecule has 5 atom stereocenters. The number of hydrogen-bond donors (Lipinski definition) is 10. The van der Waals surface area contributed by atoms with Gasteiger partial charge in [0.15, 0.2) is 17.4 Å². The Morgan fingerprint density at radius 1 is 1.07 bits per heavy atom. The molecule has 0 spiro atoms. The summed E-state index contributed by atoms with van der Waals surface area (Å²) in [5, 5.41) is 41.8. The predicted octanol–water partition coefficient (Wildman–Crippen LogP) is -1.78. The van der Waals surface area contributed by atoms with E-state index in [-0.39, 0.29) is 52.6 Å². The third-order valence-corrected chi connectivity index (χ3v) is 8.86. The molecule has 4 aromatic rings. The second kappa shape index (κ2) is 17.2. The lowest BCUT2D eigenvalue weighted by molar-refractivity contribution is -0.140. The number of anilines is 2. The third-order valence-electron chi connectivity index (χ3n) is 8.37. The zero-order chi connectivity index (χ0) is 41.8. The van der Waals surface area contributed by atoms with Gasteiger partial charge in [0.2, 0.25) is 5.95 Å². The number of pyridine rings is 1. The van der Waals surface area contributed by atoms with Crippen LogP contribution >= 0.6 is 7.82 Å². The number of aromatic nitrogens is 5. The van der Waals surface area contributed by atoms with Crippen LogP contribution in [0.4, 0.5) is 11.6 Å². The maximum Gasteiger partial charge on any atom is 0.469 e. The highest BCUT2D eigenvalue weighted by atomic mass is 31.2. The van der Waals surface area contributed by atoms with Gasteiger partial charge in [0, 0.05) is 23.7 Å². The fraction of sp³-hybridized carbons (Fsp3) is 0.281. The van der Waals surface area contributed by atoms with Gasteiger partial charge in [-0.3, -0.25) is 33.5 Å². The first-order chi connectivity index (χ1) is 26.8. The van der Waals surface area contributed by atoms with Crippen LogP contribution in [0.2, 0.25) is 0 Å². The molecule has 12 N–H and O–H groups in total. The Morgan fingerprint density at radius 2 is 1.77 bits per heavy atom. The van der Waals surface area contributed by atoms with Crippen LogP contribution in [-0.4, -0.2) is 115 Å². The third kappa shape index (κ3) is 10.1. The number of H-pyrrole nitrogens is 1. The molecule has 1 saturated heterocycles. The number of nitrogen functional groups attached to an aromatic ring is 1. The topological polar surface area (TPSA) is 386 Å². The van der Waals surface area contributed by atoms with E-state index in [1.165, 1.54) is 36.4 Å². The number of aliphatic hydroxyl groups is 2. The van der Waals surface area contributed by atoms with Crippen LogP contribution in [0.1, 0.15) is 51.3 Å². The van der Waals surface area contributed by atoms with Crippen LogP contribution in [0.3, 0.4) is 0 Å². The number of aliphatic hydroxyl groups excluding tert-OH is 2. The summed E-state index contributed by atoms with van der Waals surface area (Å²) in [6.45, 7) is -1.16. The number of benzene rings is 1. The second-order valence-corrected chi connectivity index (χ2v) is 13.5. The molecule has 0 aliphatic carbocycles. The number of aromatic amines is 1. The number of carbonyl (C=O) groups is 5. The molecule has 3 amide bonds. The molecule has 0 radical (unpaired) electrons. The molecule has 1 aliphatic rings. The number of nitrogens with zero attached hydrogens (tertiary/aromatic N) is 5. The average Bonchev–Trinajstić information content (AvgIpc) is 3.69. The van der Waals surface area contributed by atoms with Gasteiger partial charge in [0.25, 0.3) is 23.3 Å². The maximum absolute atomic E-state index is 14.0. The first-order valence-corrected chi connectivity index (χ1v) is 17.9. The van der Waals surface area contributed by atoms with Crippen LogP contribution in [-0.2, 0) is 34.8 Å². The van der Waals surface area contributed by atoms with E-state index in [1.807, 2.05) is 0 Å². The molecule has 4 heterocycles. The molecule has 3 aromatic heterocycles. The molecule has 0 bridgehead atoms. The number of fused-ring (bicyclic) bond motifs is 1. The van der Waals surface area contributed by atoms with E-state index in [2.05, 4.69) is 29.8 Å². The van der Waals surface area contributed by atoms with Crippen molar-refractivity contribution >= 4 is 66.2 Å². The largest absolute Gasteiger partial charge is 0.481 e. The molecule has 1 aliphatic heterocycles. The van der Waals surface area contributed by atoms with Crippen molar-refractivity contribution in [1.82, 2.24) is 29.8 Å². The minimum atomic E-state index is -4.99. The first-order valence-electron chi connectivity index (χ1n) is 16.4.